The molecule has 0 saturated carbocycles. The number of nitrogens with zero attached hydrogens (tertiary/aromatic N) is 2. The zero-order valence-corrected chi connectivity index (χ0v) is 11.7. The van der Waals surface area contributed by atoms with Gasteiger partial charge in [-0.2, -0.15) is 0 Å². The summed E-state index contributed by atoms with van der Waals surface area (Å²) < 4.78 is 6.64. The molecule has 0 aliphatic heterocycles. The second-order valence-corrected chi connectivity index (χ2v) is 5.13. The molecule has 1 aromatic carbocycles. The Bertz CT molecular complexity index is 615. The first-order chi connectivity index (χ1) is 9.02. The maximum Gasteiger partial charge on any atom is 0.419 e. The largest absolute Gasteiger partial charge is 0.419 e. The van der Waals surface area contributed by atoms with Gasteiger partial charge in [0.2, 0.25) is 0 Å². The summed E-state index contributed by atoms with van der Waals surface area (Å²) in [4.78, 5) is 13.6. The van der Waals surface area contributed by atoms with E-state index in [-0.39, 0.29) is 5.76 Å². The minimum atomic E-state index is -0.327. The fourth-order valence-corrected chi connectivity index (χ4v) is 2.01. The van der Waals surface area contributed by atoms with Crippen molar-refractivity contribution < 1.29 is 4.42 Å². The van der Waals surface area contributed by atoms with Gasteiger partial charge in [-0.25, -0.2) is 4.79 Å². The van der Waals surface area contributed by atoms with Crippen LogP contribution in [0.2, 0.25) is 0 Å². The molecule has 0 bridgehead atoms. The third-order valence-corrected chi connectivity index (χ3v) is 3.58. The molecule has 0 aliphatic carbocycles. The Hall–Kier alpha value is -1.75. The highest BCUT2D eigenvalue weighted by atomic mass is 16.4. The lowest BCUT2D eigenvalue weighted by Gasteiger charge is -2.21. The number of anilines is 1. The Labute approximate surface area is 112 Å². The number of aryl methyl sites for hydroxylation is 1. The highest BCUT2D eigenvalue weighted by molar-refractivity contribution is 5.77. The van der Waals surface area contributed by atoms with Gasteiger partial charge in [0.15, 0.2) is 5.58 Å². The highest BCUT2D eigenvalue weighted by Gasteiger charge is 2.09. The molecular weight excluding hydrogens is 242 g/mol. The Morgan fingerprint density at radius 1 is 1.47 bits per heavy atom. The van der Waals surface area contributed by atoms with E-state index in [1.807, 2.05) is 25.2 Å². The first kappa shape index (κ1) is 13.7. The summed E-state index contributed by atoms with van der Waals surface area (Å²) in [6, 6.07) is 5.79. The van der Waals surface area contributed by atoms with Crippen LogP contribution in [-0.2, 0) is 7.05 Å². The van der Waals surface area contributed by atoms with Gasteiger partial charge in [-0.05, 0) is 37.1 Å². The van der Waals surface area contributed by atoms with E-state index in [1.165, 1.54) is 4.57 Å². The monoisotopic (exact) mass is 263 g/mol. The molecule has 2 aromatic rings. The number of hydrogen-bond donors (Lipinski definition) is 1. The van der Waals surface area contributed by atoms with Crippen LogP contribution in [-0.4, -0.2) is 24.7 Å². The second-order valence-electron chi connectivity index (χ2n) is 5.13. The van der Waals surface area contributed by atoms with Gasteiger partial charge >= 0.3 is 5.76 Å². The predicted molar refractivity (Wildman–Crippen MR) is 77.6 cm³/mol. The van der Waals surface area contributed by atoms with Gasteiger partial charge in [-0.3, -0.25) is 4.57 Å². The summed E-state index contributed by atoms with van der Waals surface area (Å²) in [5.74, 6) is 0.191. The molecule has 104 valence electrons. The van der Waals surface area contributed by atoms with Crippen LogP contribution in [0.25, 0.3) is 11.1 Å². The molecule has 5 nitrogen and oxygen atoms in total. The van der Waals surface area contributed by atoms with Gasteiger partial charge in [-0.1, -0.05) is 6.92 Å². The first-order valence-corrected chi connectivity index (χ1v) is 6.53. The molecule has 1 aromatic heterocycles. The Balaban J connectivity index is 2.20. The topological polar surface area (TPSA) is 64.4 Å². The van der Waals surface area contributed by atoms with Crippen molar-refractivity contribution in [2.75, 3.05) is 25.0 Å². The van der Waals surface area contributed by atoms with Crippen molar-refractivity contribution in [3.05, 3.63) is 28.7 Å². The predicted octanol–water partition coefficient (Wildman–Crippen LogP) is 1.55. The van der Waals surface area contributed by atoms with Gasteiger partial charge in [-0.15, -0.1) is 0 Å². The molecule has 1 heterocycles. The fraction of sp³-hybridized carbons (Fsp3) is 0.500. The highest BCUT2D eigenvalue weighted by Crippen LogP contribution is 2.21. The zero-order chi connectivity index (χ0) is 14.0. The number of hydrogen-bond acceptors (Lipinski definition) is 4. The van der Waals surface area contributed by atoms with Crippen molar-refractivity contribution in [3.8, 4) is 0 Å². The van der Waals surface area contributed by atoms with Gasteiger partial charge in [0, 0.05) is 26.3 Å². The smallest absolute Gasteiger partial charge is 0.408 e. The van der Waals surface area contributed by atoms with E-state index in [1.54, 1.807) is 7.05 Å². The molecule has 0 radical (unpaired) electrons. The fourth-order valence-electron chi connectivity index (χ4n) is 2.01. The molecule has 2 N–H and O–H groups in total. The van der Waals surface area contributed by atoms with E-state index in [9.17, 15) is 4.79 Å². The van der Waals surface area contributed by atoms with E-state index in [0.717, 1.165) is 24.2 Å². The molecule has 2 rings (SSSR count). The molecule has 19 heavy (non-hydrogen) atoms. The maximum absolute atomic E-state index is 11.4. The molecule has 1 unspecified atom stereocenters. The van der Waals surface area contributed by atoms with Crippen molar-refractivity contribution in [2.24, 2.45) is 18.7 Å². The summed E-state index contributed by atoms with van der Waals surface area (Å²) in [6.07, 6.45) is 1.05. The Kier molecular flexibility index (Phi) is 3.95. The average molecular weight is 263 g/mol. The number of nitrogens with two attached hydrogens (primary N) is 1. The van der Waals surface area contributed by atoms with Crippen LogP contribution in [0.1, 0.15) is 13.3 Å². The lowest BCUT2D eigenvalue weighted by atomic mass is 10.1. The Morgan fingerprint density at radius 3 is 2.89 bits per heavy atom. The molecule has 0 spiro atoms. The van der Waals surface area contributed by atoms with E-state index in [2.05, 4.69) is 11.8 Å². The van der Waals surface area contributed by atoms with Crippen LogP contribution < -0.4 is 16.4 Å². The average Bonchev–Trinajstić information content (AvgIpc) is 2.70. The third kappa shape index (κ3) is 2.81. The van der Waals surface area contributed by atoms with Crippen molar-refractivity contribution in [2.45, 2.75) is 13.3 Å². The number of oxazole rings is 1. The number of benzene rings is 1. The van der Waals surface area contributed by atoms with Crippen LogP contribution in [0.5, 0.6) is 0 Å². The molecule has 5 heteroatoms. The van der Waals surface area contributed by atoms with Crippen molar-refractivity contribution in [1.29, 1.82) is 0 Å². The number of aromatic nitrogens is 1. The normalized spacial score (nSPS) is 12.8. The summed E-state index contributed by atoms with van der Waals surface area (Å²) >= 11 is 0. The zero-order valence-electron chi connectivity index (χ0n) is 11.7. The van der Waals surface area contributed by atoms with Gasteiger partial charge in [0.1, 0.15) is 0 Å². The summed E-state index contributed by atoms with van der Waals surface area (Å²) in [6.45, 7) is 3.80. The van der Waals surface area contributed by atoms with Gasteiger partial charge in [0.25, 0.3) is 0 Å². The minimum absolute atomic E-state index is 0.327. The van der Waals surface area contributed by atoms with E-state index >= 15 is 0 Å². The molecule has 0 aliphatic rings. The number of rotatable bonds is 5. The summed E-state index contributed by atoms with van der Waals surface area (Å²) in [5.41, 5.74) is 8.15. The van der Waals surface area contributed by atoms with Crippen LogP contribution >= 0.6 is 0 Å². The van der Waals surface area contributed by atoms with E-state index in [4.69, 9.17) is 10.2 Å². The molecule has 1 atom stereocenters. The van der Waals surface area contributed by atoms with Crippen molar-refractivity contribution in [3.63, 3.8) is 0 Å². The SMILES string of the molecule is CC(CN)CCN(C)c1ccc2oc(=O)n(C)c2c1. The molecular formula is C14H21N3O2. The van der Waals surface area contributed by atoms with Crippen LogP contribution in [0.4, 0.5) is 5.69 Å². The minimum Gasteiger partial charge on any atom is -0.408 e. The van der Waals surface area contributed by atoms with Gasteiger partial charge in [0.05, 0.1) is 5.52 Å². The third-order valence-electron chi connectivity index (χ3n) is 3.58. The molecule has 0 saturated heterocycles. The second kappa shape index (κ2) is 5.48. The lowest BCUT2D eigenvalue weighted by Crippen LogP contribution is -2.22. The van der Waals surface area contributed by atoms with Gasteiger partial charge < -0.3 is 15.1 Å². The number of fused-ring (bicyclic) bond motifs is 1. The van der Waals surface area contributed by atoms with Crippen molar-refractivity contribution >= 4 is 16.8 Å². The van der Waals surface area contributed by atoms with Crippen LogP contribution in [0.3, 0.4) is 0 Å². The van der Waals surface area contributed by atoms with Crippen LogP contribution in [0, 0.1) is 5.92 Å². The van der Waals surface area contributed by atoms with Crippen LogP contribution in [0.15, 0.2) is 27.4 Å². The van der Waals surface area contributed by atoms with E-state index < -0.39 is 0 Å². The standard InChI is InChI=1S/C14H21N3O2/c1-10(9-15)6-7-16(2)11-4-5-13-12(8-11)17(3)14(18)19-13/h4-5,8,10H,6-7,9,15H2,1-3H3. The first-order valence-electron chi connectivity index (χ1n) is 6.53. The lowest BCUT2D eigenvalue weighted by molar-refractivity contribution is 0.528. The molecule has 0 amide bonds. The molecule has 0 fully saturated rings. The van der Waals surface area contributed by atoms with Crippen molar-refractivity contribution in [1.82, 2.24) is 4.57 Å². The maximum atomic E-state index is 11.4. The van der Waals surface area contributed by atoms with E-state index in [0.29, 0.717) is 18.0 Å². The summed E-state index contributed by atoms with van der Waals surface area (Å²) in [7, 11) is 3.76. The quantitative estimate of drug-likeness (QED) is 0.889. The Morgan fingerprint density at radius 2 is 2.21 bits per heavy atom. The summed E-state index contributed by atoms with van der Waals surface area (Å²) in [5, 5.41) is 0.